The Kier molecular flexibility index (Phi) is 4.87. The van der Waals surface area contributed by atoms with Crippen LogP contribution < -0.4 is 0 Å². The highest BCUT2D eigenvalue weighted by Gasteiger charge is 2.19. The first-order chi connectivity index (χ1) is 10.0. The molecule has 0 aliphatic heterocycles. The molecular weight excluding hydrogens is 301 g/mol. The maximum absolute atomic E-state index is 13.1. The van der Waals surface area contributed by atoms with E-state index in [-0.39, 0.29) is 17.3 Å². The molecule has 1 aromatic heterocycles. The third kappa shape index (κ3) is 3.56. The number of hydrogen-bond donors (Lipinski definition) is 1. The van der Waals surface area contributed by atoms with Gasteiger partial charge >= 0.3 is 5.97 Å². The molecule has 1 heterocycles. The second kappa shape index (κ2) is 6.64. The molecule has 0 unspecified atom stereocenters. The molecule has 2 aromatic rings. The first-order valence-electron chi connectivity index (χ1n) is 6.11. The van der Waals surface area contributed by atoms with Crippen LogP contribution >= 0.6 is 11.6 Å². The van der Waals surface area contributed by atoms with Crippen LogP contribution in [0, 0.1) is 5.82 Å². The molecule has 0 amide bonds. The summed E-state index contributed by atoms with van der Waals surface area (Å²) in [7, 11) is 1.52. The molecular formula is C13H13ClFN3O3. The molecule has 0 spiro atoms. The molecule has 1 N–H and O–H groups in total. The number of benzene rings is 1. The van der Waals surface area contributed by atoms with Gasteiger partial charge in [-0.1, -0.05) is 22.9 Å². The van der Waals surface area contributed by atoms with Crippen molar-refractivity contribution in [3.63, 3.8) is 0 Å². The number of aromatic nitrogens is 3. The smallest absolute Gasteiger partial charge is 0.358 e. The predicted octanol–water partition coefficient (Wildman–Crippen LogP) is 2.01. The van der Waals surface area contributed by atoms with Gasteiger partial charge in [0.15, 0.2) is 5.69 Å². The van der Waals surface area contributed by atoms with Crippen molar-refractivity contribution in [3.05, 3.63) is 46.0 Å². The standard InChI is InChI=1S/C13H13ClFN3O3/c1-21-5-4-11-12(13(19)20)16-17-18(11)7-8-2-3-10(15)9(14)6-8/h2-3,6H,4-5,7H2,1H3,(H,19,20). The lowest BCUT2D eigenvalue weighted by atomic mass is 10.2. The van der Waals surface area contributed by atoms with E-state index in [1.165, 1.54) is 23.9 Å². The van der Waals surface area contributed by atoms with E-state index >= 15 is 0 Å². The minimum Gasteiger partial charge on any atom is -0.476 e. The van der Waals surface area contributed by atoms with E-state index in [2.05, 4.69) is 10.3 Å². The number of nitrogens with zero attached hydrogens (tertiary/aromatic N) is 3. The lowest BCUT2D eigenvalue weighted by Crippen LogP contribution is -2.11. The second-order valence-corrected chi connectivity index (χ2v) is 4.75. The summed E-state index contributed by atoms with van der Waals surface area (Å²) in [4.78, 5) is 11.1. The summed E-state index contributed by atoms with van der Waals surface area (Å²) in [6, 6.07) is 4.28. The van der Waals surface area contributed by atoms with Crippen molar-refractivity contribution < 1.29 is 19.0 Å². The number of rotatable bonds is 6. The lowest BCUT2D eigenvalue weighted by molar-refractivity contribution is 0.0688. The van der Waals surface area contributed by atoms with E-state index in [9.17, 15) is 9.18 Å². The maximum atomic E-state index is 13.1. The number of hydrogen-bond acceptors (Lipinski definition) is 4. The van der Waals surface area contributed by atoms with Crippen molar-refractivity contribution in [1.29, 1.82) is 0 Å². The van der Waals surface area contributed by atoms with Crippen molar-refractivity contribution in [1.82, 2.24) is 15.0 Å². The van der Waals surface area contributed by atoms with Gasteiger partial charge in [-0.05, 0) is 17.7 Å². The number of aromatic carboxylic acids is 1. The Morgan fingerprint density at radius 3 is 2.90 bits per heavy atom. The van der Waals surface area contributed by atoms with Gasteiger partial charge in [-0.25, -0.2) is 13.9 Å². The molecule has 2 rings (SSSR count). The summed E-state index contributed by atoms with van der Waals surface area (Å²) in [5.74, 6) is -1.66. The lowest BCUT2D eigenvalue weighted by Gasteiger charge is -2.07. The highest BCUT2D eigenvalue weighted by atomic mass is 35.5. The number of ether oxygens (including phenoxy) is 1. The van der Waals surface area contributed by atoms with E-state index in [1.807, 2.05) is 0 Å². The van der Waals surface area contributed by atoms with Crippen LogP contribution in [-0.4, -0.2) is 39.8 Å². The zero-order valence-corrected chi connectivity index (χ0v) is 12.0. The van der Waals surface area contributed by atoms with E-state index < -0.39 is 11.8 Å². The first-order valence-corrected chi connectivity index (χ1v) is 6.49. The van der Waals surface area contributed by atoms with Gasteiger partial charge in [-0.15, -0.1) is 5.10 Å². The molecule has 0 fully saturated rings. The summed E-state index contributed by atoms with van der Waals surface area (Å²) in [5.41, 5.74) is 1.03. The summed E-state index contributed by atoms with van der Waals surface area (Å²) in [6.45, 7) is 0.594. The topological polar surface area (TPSA) is 77.2 Å². The number of methoxy groups -OCH3 is 1. The molecule has 0 atom stereocenters. The van der Waals surface area contributed by atoms with Gasteiger partial charge in [0.25, 0.3) is 0 Å². The fourth-order valence-corrected chi connectivity index (χ4v) is 2.09. The van der Waals surface area contributed by atoms with Crippen molar-refractivity contribution in [3.8, 4) is 0 Å². The Bertz CT molecular complexity index is 660. The molecule has 0 bridgehead atoms. The average molecular weight is 314 g/mol. The molecule has 0 aliphatic carbocycles. The summed E-state index contributed by atoms with van der Waals surface area (Å²) >= 11 is 5.72. The van der Waals surface area contributed by atoms with Gasteiger partial charge in [-0.2, -0.15) is 0 Å². The third-order valence-electron chi connectivity index (χ3n) is 2.90. The molecule has 8 heteroatoms. The van der Waals surface area contributed by atoms with Gasteiger partial charge in [0, 0.05) is 13.5 Å². The molecule has 0 aliphatic rings. The van der Waals surface area contributed by atoms with E-state index in [4.69, 9.17) is 21.4 Å². The molecule has 1 aromatic carbocycles. The normalized spacial score (nSPS) is 10.8. The van der Waals surface area contributed by atoms with Gasteiger partial charge in [0.05, 0.1) is 23.9 Å². The fraction of sp³-hybridized carbons (Fsp3) is 0.308. The van der Waals surface area contributed by atoms with Crippen LogP contribution in [0.5, 0.6) is 0 Å². The van der Waals surface area contributed by atoms with Crippen molar-refractivity contribution in [2.24, 2.45) is 0 Å². The molecule has 6 nitrogen and oxygen atoms in total. The fourth-order valence-electron chi connectivity index (χ4n) is 1.88. The van der Waals surface area contributed by atoms with E-state index in [0.717, 1.165) is 0 Å². The molecule has 112 valence electrons. The van der Waals surface area contributed by atoms with Crippen LogP contribution in [0.15, 0.2) is 18.2 Å². The minimum atomic E-state index is -1.15. The number of carbonyl (C=O) groups is 1. The van der Waals surface area contributed by atoms with Crippen LogP contribution in [0.4, 0.5) is 4.39 Å². The largest absolute Gasteiger partial charge is 0.476 e. The van der Waals surface area contributed by atoms with Gasteiger partial charge in [0.2, 0.25) is 0 Å². The molecule has 0 saturated heterocycles. The minimum absolute atomic E-state index is 0.00418. The predicted molar refractivity (Wildman–Crippen MR) is 73.1 cm³/mol. The Balaban J connectivity index is 2.30. The molecule has 21 heavy (non-hydrogen) atoms. The number of halogens is 2. The van der Waals surface area contributed by atoms with Crippen LogP contribution in [0.25, 0.3) is 0 Å². The summed E-state index contributed by atoms with van der Waals surface area (Å²) < 4.78 is 19.5. The Labute approximate surface area is 125 Å². The van der Waals surface area contributed by atoms with Gasteiger partial charge < -0.3 is 9.84 Å². The monoisotopic (exact) mass is 313 g/mol. The number of carboxylic acid groups (broad SMARTS) is 1. The number of carboxylic acids is 1. The zero-order valence-electron chi connectivity index (χ0n) is 11.2. The van der Waals surface area contributed by atoms with Crippen LogP contribution in [0.2, 0.25) is 5.02 Å². The van der Waals surface area contributed by atoms with Crippen molar-refractivity contribution >= 4 is 17.6 Å². The Morgan fingerprint density at radius 1 is 1.52 bits per heavy atom. The zero-order chi connectivity index (χ0) is 15.4. The van der Waals surface area contributed by atoms with Crippen molar-refractivity contribution in [2.75, 3.05) is 13.7 Å². The van der Waals surface area contributed by atoms with Crippen molar-refractivity contribution in [2.45, 2.75) is 13.0 Å². The SMILES string of the molecule is COCCc1c(C(=O)O)nnn1Cc1ccc(F)c(Cl)c1. The van der Waals surface area contributed by atoms with E-state index in [1.54, 1.807) is 6.07 Å². The summed E-state index contributed by atoms with van der Waals surface area (Å²) in [6.07, 6.45) is 0.361. The second-order valence-electron chi connectivity index (χ2n) is 4.34. The first kappa shape index (κ1) is 15.4. The van der Waals surface area contributed by atoms with Crippen LogP contribution in [0.1, 0.15) is 21.7 Å². The summed E-state index contributed by atoms with van der Waals surface area (Å²) in [5, 5.41) is 16.6. The average Bonchev–Trinajstić information content (AvgIpc) is 2.83. The Morgan fingerprint density at radius 2 is 2.29 bits per heavy atom. The quantitative estimate of drug-likeness (QED) is 0.882. The highest BCUT2D eigenvalue weighted by molar-refractivity contribution is 6.30. The third-order valence-corrected chi connectivity index (χ3v) is 3.19. The molecule has 0 saturated carbocycles. The Hall–Kier alpha value is -1.99. The van der Waals surface area contributed by atoms with Crippen LogP contribution in [0.3, 0.4) is 0 Å². The van der Waals surface area contributed by atoms with Gasteiger partial charge in [0.1, 0.15) is 5.82 Å². The molecule has 0 radical (unpaired) electrons. The highest BCUT2D eigenvalue weighted by Crippen LogP contribution is 2.17. The van der Waals surface area contributed by atoms with E-state index in [0.29, 0.717) is 24.3 Å². The maximum Gasteiger partial charge on any atom is 0.358 e. The van der Waals surface area contributed by atoms with Crippen LogP contribution in [-0.2, 0) is 17.7 Å². The van der Waals surface area contributed by atoms with Gasteiger partial charge in [-0.3, -0.25) is 0 Å².